The van der Waals surface area contributed by atoms with Crippen molar-refractivity contribution in [3.63, 3.8) is 0 Å². The van der Waals surface area contributed by atoms with Gasteiger partial charge >= 0.3 is 18.0 Å². The molecular weight excluding hydrogens is 300 g/mol. The average molecular weight is 320 g/mol. The van der Waals surface area contributed by atoms with E-state index in [1.165, 1.54) is 12.0 Å². The van der Waals surface area contributed by atoms with Crippen molar-refractivity contribution in [1.29, 1.82) is 0 Å². The monoisotopic (exact) mass is 320 g/mol. The Morgan fingerprint density at radius 3 is 2.74 bits per heavy atom. The predicted octanol–water partition coefficient (Wildman–Crippen LogP) is 2.11. The first-order chi connectivity index (χ1) is 10.9. The summed E-state index contributed by atoms with van der Waals surface area (Å²) in [5.74, 6) is -1.98. The van der Waals surface area contributed by atoms with Gasteiger partial charge in [-0.2, -0.15) is 0 Å². The van der Waals surface area contributed by atoms with Crippen molar-refractivity contribution in [2.45, 2.75) is 19.8 Å². The number of aliphatic carboxylic acids is 1. The van der Waals surface area contributed by atoms with Crippen LogP contribution in [0.4, 0.5) is 10.5 Å². The van der Waals surface area contributed by atoms with Crippen molar-refractivity contribution < 1.29 is 24.2 Å². The van der Waals surface area contributed by atoms with Crippen LogP contribution in [0.5, 0.6) is 0 Å². The molecule has 1 aliphatic rings. The summed E-state index contributed by atoms with van der Waals surface area (Å²) in [5.41, 5.74) is 1.49. The van der Waals surface area contributed by atoms with E-state index in [9.17, 15) is 14.4 Å². The van der Waals surface area contributed by atoms with Crippen molar-refractivity contribution >= 4 is 23.7 Å². The molecule has 0 radical (unpaired) electrons. The fraction of sp³-hybridized carbons (Fsp3) is 0.438. The van der Waals surface area contributed by atoms with Gasteiger partial charge in [-0.15, -0.1) is 0 Å². The number of hydrogen-bond acceptors (Lipinski definition) is 4. The fourth-order valence-corrected chi connectivity index (χ4v) is 2.60. The van der Waals surface area contributed by atoms with Gasteiger partial charge in [0, 0.05) is 13.1 Å². The van der Waals surface area contributed by atoms with Crippen molar-refractivity contribution in [2.75, 3.05) is 25.5 Å². The minimum absolute atomic E-state index is 0.167. The van der Waals surface area contributed by atoms with Gasteiger partial charge in [-0.25, -0.2) is 9.59 Å². The zero-order valence-corrected chi connectivity index (χ0v) is 13.2. The number of piperidine rings is 1. The van der Waals surface area contributed by atoms with Crippen molar-refractivity contribution in [2.24, 2.45) is 5.92 Å². The highest BCUT2D eigenvalue weighted by molar-refractivity contribution is 6.01. The highest BCUT2D eigenvalue weighted by Gasteiger charge is 2.28. The maximum atomic E-state index is 12.4. The SMILES string of the molecule is COC(=O)c1cc(C)ccc1NC(=O)N1CCCC(C(=O)O)C1. The molecule has 1 aliphatic heterocycles. The number of urea groups is 1. The number of benzene rings is 1. The normalized spacial score (nSPS) is 17.5. The third-order valence-corrected chi connectivity index (χ3v) is 3.88. The second-order valence-electron chi connectivity index (χ2n) is 5.59. The van der Waals surface area contributed by atoms with Gasteiger partial charge in [0.1, 0.15) is 0 Å². The number of carboxylic acid groups (broad SMARTS) is 1. The van der Waals surface area contributed by atoms with Gasteiger partial charge in [-0.05, 0) is 31.9 Å². The van der Waals surface area contributed by atoms with E-state index in [2.05, 4.69) is 5.32 Å². The maximum Gasteiger partial charge on any atom is 0.339 e. The molecule has 0 bridgehead atoms. The Hall–Kier alpha value is -2.57. The van der Waals surface area contributed by atoms with Crippen molar-refractivity contribution in [3.05, 3.63) is 29.3 Å². The van der Waals surface area contributed by atoms with Crippen LogP contribution in [0, 0.1) is 12.8 Å². The average Bonchev–Trinajstić information content (AvgIpc) is 2.55. The van der Waals surface area contributed by atoms with Crippen LogP contribution in [0.25, 0.3) is 0 Å². The molecule has 7 nitrogen and oxygen atoms in total. The van der Waals surface area contributed by atoms with Gasteiger partial charge in [0.2, 0.25) is 0 Å². The van der Waals surface area contributed by atoms with Crippen LogP contribution in [-0.4, -0.2) is 48.2 Å². The Morgan fingerprint density at radius 2 is 2.09 bits per heavy atom. The lowest BCUT2D eigenvalue weighted by Gasteiger charge is -2.30. The first kappa shape index (κ1) is 16.8. The van der Waals surface area contributed by atoms with E-state index in [4.69, 9.17) is 9.84 Å². The van der Waals surface area contributed by atoms with Crippen LogP contribution >= 0.6 is 0 Å². The number of amides is 2. The summed E-state index contributed by atoms with van der Waals surface area (Å²) in [6.45, 7) is 2.50. The Morgan fingerprint density at radius 1 is 1.35 bits per heavy atom. The second-order valence-corrected chi connectivity index (χ2v) is 5.59. The van der Waals surface area contributed by atoms with Gasteiger partial charge in [0.15, 0.2) is 0 Å². The van der Waals surface area contributed by atoms with E-state index in [0.717, 1.165) is 5.56 Å². The highest BCUT2D eigenvalue weighted by Crippen LogP contribution is 2.21. The van der Waals surface area contributed by atoms with E-state index < -0.39 is 23.9 Å². The number of ether oxygens (including phenoxy) is 1. The fourth-order valence-electron chi connectivity index (χ4n) is 2.60. The number of methoxy groups -OCH3 is 1. The third-order valence-electron chi connectivity index (χ3n) is 3.88. The van der Waals surface area contributed by atoms with Gasteiger partial charge in [-0.1, -0.05) is 11.6 Å². The topological polar surface area (TPSA) is 95.9 Å². The molecule has 0 aromatic heterocycles. The molecule has 1 atom stereocenters. The lowest BCUT2D eigenvalue weighted by atomic mass is 9.99. The number of esters is 1. The van der Waals surface area contributed by atoms with Crippen molar-refractivity contribution in [3.8, 4) is 0 Å². The van der Waals surface area contributed by atoms with Gasteiger partial charge < -0.3 is 20.1 Å². The molecule has 2 rings (SSSR count). The Kier molecular flexibility index (Phi) is 5.20. The molecule has 1 fully saturated rings. The Labute approximate surface area is 134 Å². The number of hydrogen-bond donors (Lipinski definition) is 2. The Balaban J connectivity index is 2.14. The van der Waals surface area contributed by atoms with Crippen LogP contribution in [0.1, 0.15) is 28.8 Å². The first-order valence-electron chi connectivity index (χ1n) is 7.40. The molecular formula is C16H20N2O5. The summed E-state index contributed by atoms with van der Waals surface area (Å²) < 4.78 is 4.73. The van der Waals surface area contributed by atoms with Crippen LogP contribution in [-0.2, 0) is 9.53 Å². The molecule has 0 spiro atoms. The number of carbonyl (C=O) groups excluding carboxylic acids is 2. The summed E-state index contributed by atoms with van der Waals surface area (Å²) in [7, 11) is 1.28. The van der Waals surface area contributed by atoms with E-state index in [0.29, 0.717) is 25.1 Å². The van der Waals surface area contributed by atoms with E-state index in [1.807, 2.05) is 6.92 Å². The van der Waals surface area contributed by atoms with Crippen LogP contribution < -0.4 is 5.32 Å². The molecule has 1 aromatic carbocycles. The third kappa shape index (κ3) is 4.00. The van der Waals surface area contributed by atoms with Crippen LogP contribution in [0.2, 0.25) is 0 Å². The molecule has 1 aromatic rings. The largest absolute Gasteiger partial charge is 0.481 e. The van der Waals surface area contributed by atoms with E-state index in [1.54, 1.807) is 18.2 Å². The number of aryl methyl sites for hydroxylation is 1. The number of likely N-dealkylation sites (tertiary alicyclic amines) is 1. The van der Waals surface area contributed by atoms with Crippen LogP contribution in [0.15, 0.2) is 18.2 Å². The number of carbonyl (C=O) groups is 3. The quantitative estimate of drug-likeness (QED) is 0.832. The molecule has 2 N–H and O–H groups in total. The lowest BCUT2D eigenvalue weighted by molar-refractivity contribution is -0.143. The van der Waals surface area contributed by atoms with E-state index >= 15 is 0 Å². The lowest BCUT2D eigenvalue weighted by Crippen LogP contribution is -2.44. The molecule has 1 heterocycles. The van der Waals surface area contributed by atoms with Gasteiger partial charge in [-0.3, -0.25) is 4.79 Å². The summed E-state index contributed by atoms with van der Waals surface area (Å²) in [6.07, 6.45) is 1.21. The first-order valence-corrected chi connectivity index (χ1v) is 7.40. The predicted molar refractivity (Wildman–Crippen MR) is 83.5 cm³/mol. The zero-order chi connectivity index (χ0) is 17.0. The van der Waals surface area contributed by atoms with E-state index in [-0.39, 0.29) is 12.1 Å². The maximum absolute atomic E-state index is 12.4. The molecule has 7 heteroatoms. The summed E-state index contributed by atoms with van der Waals surface area (Å²) in [4.78, 5) is 36.7. The van der Waals surface area contributed by atoms with Gasteiger partial charge in [0.25, 0.3) is 0 Å². The number of rotatable bonds is 3. The molecule has 1 saturated heterocycles. The molecule has 2 amide bonds. The Bertz CT molecular complexity index is 629. The standard InChI is InChI=1S/C16H20N2O5/c1-10-5-6-13(12(8-10)15(21)23-2)17-16(22)18-7-3-4-11(9-18)14(19)20/h5-6,8,11H,3-4,7,9H2,1-2H3,(H,17,22)(H,19,20). The molecule has 1 unspecified atom stereocenters. The number of anilines is 1. The van der Waals surface area contributed by atoms with Gasteiger partial charge in [0.05, 0.1) is 24.3 Å². The van der Waals surface area contributed by atoms with Crippen LogP contribution in [0.3, 0.4) is 0 Å². The summed E-state index contributed by atoms with van der Waals surface area (Å²) >= 11 is 0. The zero-order valence-electron chi connectivity index (χ0n) is 13.2. The number of nitrogens with zero attached hydrogens (tertiary/aromatic N) is 1. The highest BCUT2D eigenvalue weighted by atomic mass is 16.5. The summed E-state index contributed by atoms with van der Waals surface area (Å²) in [6, 6.07) is 4.64. The molecule has 0 saturated carbocycles. The molecule has 0 aliphatic carbocycles. The summed E-state index contributed by atoms with van der Waals surface area (Å²) in [5, 5.41) is 11.8. The number of carboxylic acids is 1. The number of nitrogens with one attached hydrogen (secondary N) is 1. The smallest absolute Gasteiger partial charge is 0.339 e. The molecule has 23 heavy (non-hydrogen) atoms. The second kappa shape index (κ2) is 7.13. The minimum atomic E-state index is -0.895. The molecule has 124 valence electrons. The minimum Gasteiger partial charge on any atom is -0.481 e. The van der Waals surface area contributed by atoms with Crippen molar-refractivity contribution in [1.82, 2.24) is 4.90 Å².